The molecule has 2 aromatic heterocycles. The van der Waals surface area contributed by atoms with Crippen molar-refractivity contribution in [3.8, 4) is 17.5 Å². The van der Waals surface area contributed by atoms with E-state index in [4.69, 9.17) is 9.68 Å². The highest BCUT2D eigenvalue weighted by molar-refractivity contribution is 5.72. The monoisotopic (exact) mass is 301 g/mol. The summed E-state index contributed by atoms with van der Waals surface area (Å²) in [5.74, 6) is 1.23. The summed E-state index contributed by atoms with van der Waals surface area (Å²) in [5.41, 5.74) is 2.97. The topological polar surface area (TPSA) is 80.5 Å². The zero-order valence-corrected chi connectivity index (χ0v) is 12.0. The van der Waals surface area contributed by atoms with Gasteiger partial charge in [-0.05, 0) is 24.3 Å². The predicted octanol–water partition coefficient (Wildman–Crippen LogP) is 3.01. The molecule has 0 aliphatic heterocycles. The molecule has 0 saturated heterocycles. The molecule has 0 radical (unpaired) electrons. The maximum absolute atomic E-state index is 9.03. The van der Waals surface area contributed by atoms with Crippen LogP contribution in [0.25, 0.3) is 22.5 Å². The molecule has 0 aliphatic carbocycles. The number of fused-ring (bicyclic) bond motifs is 1. The molecule has 0 atom stereocenters. The average molecular weight is 301 g/mol. The van der Waals surface area contributed by atoms with E-state index < -0.39 is 0 Å². The zero-order valence-electron chi connectivity index (χ0n) is 12.0. The van der Waals surface area contributed by atoms with Crippen molar-refractivity contribution in [3.63, 3.8) is 0 Å². The number of nitrogens with zero attached hydrogens (tertiary/aromatic N) is 5. The molecule has 0 unspecified atom stereocenters. The Bertz CT molecular complexity index is 992. The zero-order chi connectivity index (χ0) is 15.6. The van der Waals surface area contributed by atoms with Gasteiger partial charge in [0.25, 0.3) is 0 Å². The van der Waals surface area contributed by atoms with Crippen molar-refractivity contribution >= 4 is 11.1 Å². The van der Waals surface area contributed by atoms with Gasteiger partial charge >= 0.3 is 0 Å². The molecule has 23 heavy (non-hydrogen) atoms. The highest BCUT2D eigenvalue weighted by Crippen LogP contribution is 2.20. The van der Waals surface area contributed by atoms with Crippen molar-refractivity contribution in [3.05, 3.63) is 66.3 Å². The van der Waals surface area contributed by atoms with Crippen LogP contribution in [0.3, 0.4) is 0 Å². The second kappa shape index (κ2) is 5.39. The fraction of sp³-hybridized carbons (Fsp3) is 0.0588. The number of oxazole rings is 1. The van der Waals surface area contributed by atoms with Crippen LogP contribution in [0.15, 0.2) is 59.3 Å². The highest BCUT2D eigenvalue weighted by Gasteiger charge is 2.12. The molecule has 0 fully saturated rings. The van der Waals surface area contributed by atoms with Gasteiger partial charge in [0.05, 0.1) is 11.6 Å². The van der Waals surface area contributed by atoms with Crippen LogP contribution in [0.4, 0.5) is 0 Å². The Balaban J connectivity index is 1.70. The number of para-hydroxylation sites is 2. The minimum atomic E-state index is 0.376. The Morgan fingerprint density at radius 2 is 2.04 bits per heavy atom. The summed E-state index contributed by atoms with van der Waals surface area (Å²) in [6, 6.07) is 17.0. The summed E-state index contributed by atoms with van der Waals surface area (Å²) in [4.78, 5) is 8.73. The van der Waals surface area contributed by atoms with Crippen molar-refractivity contribution in [2.24, 2.45) is 0 Å². The maximum Gasteiger partial charge on any atom is 0.217 e. The summed E-state index contributed by atoms with van der Waals surface area (Å²) >= 11 is 0. The van der Waals surface area contributed by atoms with Gasteiger partial charge in [-0.1, -0.05) is 24.3 Å². The van der Waals surface area contributed by atoms with Crippen LogP contribution in [-0.4, -0.2) is 19.7 Å². The highest BCUT2D eigenvalue weighted by atomic mass is 16.3. The third-order valence-corrected chi connectivity index (χ3v) is 3.49. The van der Waals surface area contributed by atoms with Crippen LogP contribution < -0.4 is 0 Å². The van der Waals surface area contributed by atoms with Gasteiger partial charge in [0.1, 0.15) is 18.4 Å². The van der Waals surface area contributed by atoms with Crippen molar-refractivity contribution in [1.82, 2.24) is 19.7 Å². The van der Waals surface area contributed by atoms with Crippen molar-refractivity contribution in [2.75, 3.05) is 0 Å². The molecule has 4 aromatic rings. The summed E-state index contributed by atoms with van der Waals surface area (Å²) < 4.78 is 7.43. The second-order valence-corrected chi connectivity index (χ2v) is 5.01. The van der Waals surface area contributed by atoms with Crippen molar-refractivity contribution in [1.29, 1.82) is 5.26 Å². The molecular weight excluding hydrogens is 290 g/mol. The van der Waals surface area contributed by atoms with E-state index in [1.165, 1.54) is 6.33 Å². The summed E-state index contributed by atoms with van der Waals surface area (Å²) in [6.45, 7) is 0.376. The van der Waals surface area contributed by atoms with Gasteiger partial charge in [0.15, 0.2) is 11.4 Å². The Labute approximate surface area is 131 Å². The molecule has 110 valence electrons. The standard InChI is InChI=1S/C17H11N5O/c18-9-12-4-3-5-13(8-12)17-19-11-20-22(17)10-16-21-14-6-1-2-7-15(14)23-16/h1-8,11H,10H2. The third kappa shape index (κ3) is 2.45. The Kier molecular flexibility index (Phi) is 3.10. The van der Waals surface area contributed by atoms with E-state index >= 15 is 0 Å². The smallest absolute Gasteiger partial charge is 0.217 e. The van der Waals surface area contributed by atoms with Crippen LogP contribution >= 0.6 is 0 Å². The molecule has 0 N–H and O–H groups in total. The van der Waals surface area contributed by atoms with Gasteiger partial charge in [-0.2, -0.15) is 10.4 Å². The van der Waals surface area contributed by atoms with E-state index in [9.17, 15) is 0 Å². The summed E-state index contributed by atoms with van der Waals surface area (Å²) in [6.07, 6.45) is 1.48. The summed E-state index contributed by atoms with van der Waals surface area (Å²) in [5, 5.41) is 13.3. The largest absolute Gasteiger partial charge is 0.439 e. The molecule has 0 aliphatic rings. The van der Waals surface area contributed by atoms with Crippen molar-refractivity contribution in [2.45, 2.75) is 6.54 Å². The Morgan fingerprint density at radius 3 is 2.91 bits per heavy atom. The van der Waals surface area contributed by atoms with E-state index in [0.717, 1.165) is 16.7 Å². The molecule has 2 aromatic carbocycles. The van der Waals surface area contributed by atoms with Crippen LogP contribution in [0, 0.1) is 11.3 Å². The minimum Gasteiger partial charge on any atom is -0.439 e. The quantitative estimate of drug-likeness (QED) is 0.581. The number of benzene rings is 2. The first-order chi connectivity index (χ1) is 11.3. The SMILES string of the molecule is N#Cc1cccc(-c2ncnn2Cc2nc3ccccc3o2)c1. The lowest BCUT2D eigenvalue weighted by molar-refractivity contribution is 0.493. The number of hydrogen-bond donors (Lipinski definition) is 0. The molecule has 4 rings (SSSR count). The first-order valence-corrected chi connectivity index (χ1v) is 7.06. The lowest BCUT2D eigenvalue weighted by Crippen LogP contribution is -2.04. The molecule has 0 bridgehead atoms. The number of hydrogen-bond acceptors (Lipinski definition) is 5. The molecule has 2 heterocycles. The van der Waals surface area contributed by atoms with Gasteiger partial charge in [-0.25, -0.2) is 14.6 Å². The summed E-state index contributed by atoms with van der Waals surface area (Å²) in [7, 11) is 0. The molecule has 6 heteroatoms. The Hall–Kier alpha value is -3.46. The van der Waals surface area contributed by atoms with Gasteiger partial charge < -0.3 is 4.42 Å². The predicted molar refractivity (Wildman–Crippen MR) is 83.3 cm³/mol. The molecule has 0 spiro atoms. The van der Waals surface area contributed by atoms with Crippen LogP contribution in [0.1, 0.15) is 11.5 Å². The molecule has 0 saturated carbocycles. The first kappa shape index (κ1) is 13.2. The average Bonchev–Trinajstić information content (AvgIpc) is 3.21. The second-order valence-electron chi connectivity index (χ2n) is 5.01. The molecule has 0 amide bonds. The fourth-order valence-electron chi connectivity index (χ4n) is 2.45. The molecule has 6 nitrogen and oxygen atoms in total. The lowest BCUT2D eigenvalue weighted by Gasteiger charge is -2.04. The van der Waals surface area contributed by atoms with Gasteiger partial charge in [0, 0.05) is 5.56 Å². The lowest BCUT2D eigenvalue weighted by atomic mass is 10.1. The van der Waals surface area contributed by atoms with E-state index in [-0.39, 0.29) is 0 Å². The normalized spacial score (nSPS) is 10.7. The Morgan fingerprint density at radius 1 is 1.13 bits per heavy atom. The first-order valence-electron chi connectivity index (χ1n) is 7.06. The van der Waals surface area contributed by atoms with Gasteiger partial charge in [-0.15, -0.1) is 0 Å². The van der Waals surface area contributed by atoms with Gasteiger partial charge in [0.2, 0.25) is 5.89 Å². The van der Waals surface area contributed by atoms with Crippen LogP contribution in [-0.2, 0) is 6.54 Å². The van der Waals surface area contributed by atoms with E-state index in [1.807, 2.05) is 36.4 Å². The molecular formula is C17H11N5O. The number of nitriles is 1. The maximum atomic E-state index is 9.03. The number of rotatable bonds is 3. The number of aromatic nitrogens is 4. The fourth-order valence-corrected chi connectivity index (χ4v) is 2.45. The van der Waals surface area contributed by atoms with E-state index in [0.29, 0.717) is 23.8 Å². The third-order valence-electron chi connectivity index (χ3n) is 3.49. The van der Waals surface area contributed by atoms with Gasteiger partial charge in [-0.3, -0.25) is 0 Å². The van der Waals surface area contributed by atoms with Crippen LogP contribution in [0.5, 0.6) is 0 Å². The van der Waals surface area contributed by atoms with E-state index in [1.54, 1.807) is 16.8 Å². The van der Waals surface area contributed by atoms with Crippen molar-refractivity contribution < 1.29 is 4.42 Å². The van der Waals surface area contributed by atoms with Crippen LogP contribution in [0.2, 0.25) is 0 Å². The minimum absolute atomic E-state index is 0.376. The van der Waals surface area contributed by atoms with E-state index in [2.05, 4.69) is 21.1 Å².